The maximum absolute atomic E-state index is 13.4. The number of aryl methyl sites for hydroxylation is 1. The SMILES string of the molecule is COc1ccc(C2CCCCCN2C(=O)c2cn3c(C)cccc3n2)cc1. The zero-order valence-electron chi connectivity index (χ0n) is 15.9. The van der Waals surface area contributed by atoms with Crippen molar-refractivity contribution in [2.45, 2.75) is 38.6 Å². The van der Waals surface area contributed by atoms with Crippen LogP contribution >= 0.6 is 0 Å². The van der Waals surface area contributed by atoms with Crippen molar-refractivity contribution in [2.75, 3.05) is 13.7 Å². The lowest BCUT2D eigenvalue weighted by Gasteiger charge is -2.30. The molecular weight excluding hydrogens is 338 g/mol. The van der Waals surface area contributed by atoms with Crippen LogP contribution in [0.1, 0.15) is 53.5 Å². The minimum Gasteiger partial charge on any atom is -0.497 e. The van der Waals surface area contributed by atoms with Crippen molar-refractivity contribution in [3.63, 3.8) is 0 Å². The van der Waals surface area contributed by atoms with Crippen molar-refractivity contribution < 1.29 is 9.53 Å². The Hall–Kier alpha value is -2.82. The van der Waals surface area contributed by atoms with E-state index in [9.17, 15) is 4.79 Å². The molecule has 1 unspecified atom stereocenters. The monoisotopic (exact) mass is 363 g/mol. The highest BCUT2D eigenvalue weighted by atomic mass is 16.5. The van der Waals surface area contributed by atoms with Crippen molar-refractivity contribution >= 4 is 11.6 Å². The van der Waals surface area contributed by atoms with E-state index in [1.54, 1.807) is 7.11 Å². The summed E-state index contributed by atoms with van der Waals surface area (Å²) in [6.07, 6.45) is 6.16. The molecule has 0 saturated carbocycles. The second-order valence-electron chi connectivity index (χ2n) is 7.16. The van der Waals surface area contributed by atoms with Crippen LogP contribution in [0.4, 0.5) is 0 Å². The van der Waals surface area contributed by atoms with Crippen LogP contribution in [0, 0.1) is 6.92 Å². The molecule has 0 aliphatic carbocycles. The Labute approximate surface area is 159 Å². The molecule has 0 spiro atoms. The first-order valence-electron chi connectivity index (χ1n) is 9.57. The number of imidazole rings is 1. The average Bonchev–Trinajstić information content (AvgIpc) is 2.99. The lowest BCUT2D eigenvalue weighted by Crippen LogP contribution is -2.35. The number of methoxy groups -OCH3 is 1. The maximum atomic E-state index is 13.4. The van der Waals surface area contributed by atoms with Crippen molar-refractivity contribution in [3.05, 3.63) is 65.6 Å². The molecule has 3 aromatic rings. The van der Waals surface area contributed by atoms with Gasteiger partial charge in [0.1, 0.15) is 17.1 Å². The van der Waals surface area contributed by atoms with Gasteiger partial charge in [0.25, 0.3) is 5.91 Å². The van der Waals surface area contributed by atoms with Crippen molar-refractivity contribution in [1.82, 2.24) is 14.3 Å². The van der Waals surface area contributed by atoms with E-state index in [-0.39, 0.29) is 11.9 Å². The standard InChI is InChI=1S/C22H25N3O2/c1-16-7-6-9-21-23-19(15-25(16)21)22(26)24-14-5-3-4-8-20(24)17-10-12-18(27-2)13-11-17/h6-7,9-13,15,20H,3-5,8,14H2,1-2H3. The molecule has 3 heterocycles. The number of amides is 1. The summed E-state index contributed by atoms with van der Waals surface area (Å²) in [7, 11) is 1.67. The average molecular weight is 363 g/mol. The van der Waals surface area contributed by atoms with E-state index >= 15 is 0 Å². The number of carbonyl (C=O) groups is 1. The number of benzene rings is 1. The third kappa shape index (κ3) is 3.42. The predicted molar refractivity (Wildman–Crippen MR) is 105 cm³/mol. The van der Waals surface area contributed by atoms with Crippen molar-refractivity contribution in [1.29, 1.82) is 0 Å². The number of fused-ring (bicyclic) bond motifs is 1. The number of rotatable bonds is 3. The molecule has 27 heavy (non-hydrogen) atoms. The molecule has 2 aromatic heterocycles. The Kier molecular flexibility index (Phi) is 4.84. The number of hydrogen-bond donors (Lipinski definition) is 0. The highest BCUT2D eigenvalue weighted by Gasteiger charge is 2.29. The Morgan fingerprint density at radius 1 is 1.11 bits per heavy atom. The molecule has 140 valence electrons. The van der Waals surface area contributed by atoms with Gasteiger partial charge < -0.3 is 14.0 Å². The first-order chi connectivity index (χ1) is 13.2. The zero-order chi connectivity index (χ0) is 18.8. The van der Waals surface area contributed by atoms with Gasteiger partial charge in [0, 0.05) is 18.4 Å². The van der Waals surface area contributed by atoms with Crippen LogP contribution in [-0.4, -0.2) is 33.8 Å². The van der Waals surface area contributed by atoms with Gasteiger partial charge >= 0.3 is 0 Å². The van der Waals surface area contributed by atoms with Crippen LogP contribution in [0.2, 0.25) is 0 Å². The number of ether oxygens (including phenoxy) is 1. The van der Waals surface area contributed by atoms with E-state index in [0.29, 0.717) is 5.69 Å². The fourth-order valence-electron chi connectivity index (χ4n) is 3.92. The molecule has 1 aromatic carbocycles. The molecule has 0 radical (unpaired) electrons. The molecule has 0 N–H and O–H groups in total. The lowest BCUT2D eigenvalue weighted by atomic mass is 10.0. The van der Waals surface area contributed by atoms with Gasteiger partial charge in [0.2, 0.25) is 0 Å². The third-order valence-corrected chi connectivity index (χ3v) is 5.43. The zero-order valence-corrected chi connectivity index (χ0v) is 15.9. The third-order valence-electron chi connectivity index (χ3n) is 5.43. The van der Waals surface area contributed by atoms with E-state index < -0.39 is 0 Å². The molecule has 5 nitrogen and oxygen atoms in total. The topological polar surface area (TPSA) is 46.8 Å². The summed E-state index contributed by atoms with van der Waals surface area (Å²) in [5.74, 6) is 0.849. The number of pyridine rings is 1. The van der Waals surface area contributed by atoms with Gasteiger partial charge in [-0.3, -0.25) is 4.79 Å². The van der Waals surface area contributed by atoms with Crippen LogP contribution < -0.4 is 4.74 Å². The summed E-state index contributed by atoms with van der Waals surface area (Å²) in [6.45, 7) is 2.79. The van der Waals surface area contributed by atoms with Crippen LogP contribution in [-0.2, 0) is 0 Å². The second kappa shape index (κ2) is 7.43. The molecule has 1 saturated heterocycles. The number of nitrogens with zero attached hydrogens (tertiary/aromatic N) is 3. The number of likely N-dealkylation sites (tertiary alicyclic amines) is 1. The molecule has 1 atom stereocenters. The van der Waals surface area contributed by atoms with Gasteiger partial charge in [-0.1, -0.05) is 31.0 Å². The molecule has 1 fully saturated rings. The molecular formula is C22H25N3O2. The predicted octanol–water partition coefficient (Wildman–Crippen LogP) is 4.41. The van der Waals surface area contributed by atoms with Gasteiger partial charge in [0.05, 0.1) is 13.2 Å². The van der Waals surface area contributed by atoms with Crippen LogP contribution in [0.25, 0.3) is 5.65 Å². The van der Waals surface area contributed by atoms with E-state index in [1.165, 1.54) is 0 Å². The number of hydrogen-bond acceptors (Lipinski definition) is 3. The van der Waals surface area contributed by atoms with Gasteiger partial charge in [-0.15, -0.1) is 0 Å². The fourth-order valence-corrected chi connectivity index (χ4v) is 3.92. The molecule has 1 aliphatic rings. The normalized spacial score (nSPS) is 17.7. The maximum Gasteiger partial charge on any atom is 0.274 e. The molecule has 5 heteroatoms. The smallest absolute Gasteiger partial charge is 0.274 e. The minimum absolute atomic E-state index is 0.0146. The molecule has 1 amide bonds. The summed E-state index contributed by atoms with van der Waals surface area (Å²) in [4.78, 5) is 20.0. The molecule has 1 aliphatic heterocycles. The van der Waals surface area contributed by atoms with Gasteiger partial charge in [-0.25, -0.2) is 4.98 Å². The Bertz CT molecular complexity index is 946. The summed E-state index contributed by atoms with van der Waals surface area (Å²) >= 11 is 0. The summed E-state index contributed by atoms with van der Waals surface area (Å²) in [5.41, 5.74) is 3.56. The van der Waals surface area contributed by atoms with E-state index in [1.807, 2.05) is 52.8 Å². The summed E-state index contributed by atoms with van der Waals surface area (Å²) in [5, 5.41) is 0. The Balaban J connectivity index is 1.68. The van der Waals surface area contributed by atoms with E-state index in [0.717, 1.165) is 54.9 Å². The largest absolute Gasteiger partial charge is 0.497 e. The van der Waals surface area contributed by atoms with Gasteiger partial charge in [0.15, 0.2) is 0 Å². The van der Waals surface area contributed by atoms with Crippen molar-refractivity contribution in [3.8, 4) is 5.75 Å². The Morgan fingerprint density at radius 3 is 2.67 bits per heavy atom. The quantitative estimate of drug-likeness (QED) is 0.692. The van der Waals surface area contributed by atoms with Crippen LogP contribution in [0.15, 0.2) is 48.7 Å². The summed E-state index contributed by atoms with van der Waals surface area (Å²) < 4.78 is 7.26. The van der Waals surface area contributed by atoms with E-state index in [2.05, 4.69) is 17.1 Å². The van der Waals surface area contributed by atoms with Crippen LogP contribution in [0.3, 0.4) is 0 Å². The van der Waals surface area contributed by atoms with Gasteiger partial charge in [-0.2, -0.15) is 0 Å². The Morgan fingerprint density at radius 2 is 1.93 bits per heavy atom. The first-order valence-corrected chi connectivity index (χ1v) is 9.57. The highest BCUT2D eigenvalue weighted by Crippen LogP contribution is 2.32. The fraction of sp³-hybridized carbons (Fsp3) is 0.364. The molecule has 4 rings (SSSR count). The van der Waals surface area contributed by atoms with E-state index in [4.69, 9.17) is 4.74 Å². The first kappa shape index (κ1) is 17.6. The second-order valence-corrected chi connectivity index (χ2v) is 7.16. The van der Waals surface area contributed by atoms with Crippen LogP contribution in [0.5, 0.6) is 5.75 Å². The minimum atomic E-state index is 0.0146. The van der Waals surface area contributed by atoms with Gasteiger partial charge in [-0.05, 0) is 49.6 Å². The molecule has 0 bridgehead atoms. The number of carbonyl (C=O) groups excluding carboxylic acids is 1. The lowest BCUT2D eigenvalue weighted by molar-refractivity contribution is 0.0675. The highest BCUT2D eigenvalue weighted by molar-refractivity contribution is 5.93. The van der Waals surface area contributed by atoms with Crippen molar-refractivity contribution in [2.24, 2.45) is 0 Å². The summed E-state index contributed by atoms with van der Waals surface area (Å²) in [6, 6.07) is 14.1. The number of aromatic nitrogens is 2.